The lowest BCUT2D eigenvalue weighted by Crippen LogP contribution is -2.34. The Hall–Kier alpha value is -2.57. The van der Waals surface area contributed by atoms with Gasteiger partial charge in [0.25, 0.3) is 0 Å². The van der Waals surface area contributed by atoms with Crippen molar-refractivity contribution in [3.05, 3.63) is 24.3 Å². The molecule has 0 aliphatic heterocycles. The van der Waals surface area contributed by atoms with Crippen molar-refractivity contribution in [1.29, 1.82) is 0 Å². The highest BCUT2D eigenvalue weighted by Crippen LogP contribution is 2.23. The van der Waals surface area contributed by atoms with Crippen LogP contribution in [0.3, 0.4) is 0 Å². The Bertz CT molecular complexity index is 549. The molecule has 0 aliphatic rings. The van der Waals surface area contributed by atoms with Gasteiger partial charge < -0.3 is 10.2 Å². The summed E-state index contributed by atoms with van der Waals surface area (Å²) < 4.78 is 0. The summed E-state index contributed by atoms with van der Waals surface area (Å²) in [4.78, 5) is 21.7. The number of hydrogen-bond donors (Lipinski definition) is 3. The number of carbonyl (C=O) groups is 2. The highest BCUT2D eigenvalue weighted by atomic mass is 16.4. The summed E-state index contributed by atoms with van der Waals surface area (Å²) in [5.74, 6) is -0.143. The van der Waals surface area contributed by atoms with Crippen molar-refractivity contribution in [1.82, 2.24) is 10.2 Å². The summed E-state index contributed by atoms with van der Waals surface area (Å²) in [6.07, 6.45) is -3.19. The number of hydrogen-bond acceptors (Lipinski definition) is 3. The first-order chi connectivity index (χ1) is 7.61. The van der Waals surface area contributed by atoms with Gasteiger partial charge in [0.2, 0.25) is 0 Å². The molecule has 1 aromatic heterocycles. The lowest BCUT2D eigenvalue weighted by atomic mass is 10.2. The number of nitrogens with one attached hydrogen (secondary N) is 1. The standard InChI is InChI=1S/C9H7N3O4/c13-8(14)12(9(15)16)7-5-3-1-2-4-6(5)10-11-7/h1-4H,(H,10,11)(H,13,14)(H,15,16). The van der Waals surface area contributed by atoms with E-state index < -0.39 is 12.2 Å². The molecule has 7 heteroatoms. The second-order valence-electron chi connectivity index (χ2n) is 2.99. The molecule has 0 fully saturated rings. The van der Waals surface area contributed by atoms with E-state index in [9.17, 15) is 9.59 Å². The number of aromatic nitrogens is 2. The van der Waals surface area contributed by atoms with Crippen LogP contribution in [-0.2, 0) is 0 Å². The number of benzene rings is 1. The van der Waals surface area contributed by atoms with Gasteiger partial charge in [-0.3, -0.25) is 5.10 Å². The van der Waals surface area contributed by atoms with Gasteiger partial charge >= 0.3 is 12.2 Å². The number of fused-ring (bicyclic) bond motifs is 1. The number of carboxylic acid groups (broad SMARTS) is 2. The van der Waals surface area contributed by atoms with Gasteiger partial charge in [-0.05, 0) is 12.1 Å². The molecular weight excluding hydrogens is 214 g/mol. The van der Waals surface area contributed by atoms with E-state index in [0.717, 1.165) is 0 Å². The van der Waals surface area contributed by atoms with E-state index >= 15 is 0 Å². The molecule has 0 atom stereocenters. The Labute approximate surface area is 88.9 Å². The number of H-pyrrole nitrogens is 1. The second kappa shape index (κ2) is 3.54. The molecule has 2 rings (SSSR count). The Morgan fingerprint density at radius 1 is 1.19 bits per heavy atom. The predicted molar refractivity (Wildman–Crippen MR) is 54.6 cm³/mol. The maximum absolute atomic E-state index is 10.8. The molecule has 2 aromatic rings. The molecule has 0 saturated heterocycles. The molecule has 82 valence electrons. The van der Waals surface area contributed by atoms with Crippen molar-refractivity contribution in [3.63, 3.8) is 0 Å². The normalized spacial score (nSPS) is 10.2. The zero-order valence-electron chi connectivity index (χ0n) is 7.91. The van der Waals surface area contributed by atoms with Crippen LogP contribution in [0.4, 0.5) is 15.4 Å². The van der Waals surface area contributed by atoms with Crippen LogP contribution in [0.2, 0.25) is 0 Å². The van der Waals surface area contributed by atoms with Crippen LogP contribution in [0.25, 0.3) is 10.9 Å². The number of anilines is 1. The number of amides is 2. The maximum Gasteiger partial charge on any atom is 0.422 e. The molecule has 1 heterocycles. The van der Waals surface area contributed by atoms with E-state index in [1.165, 1.54) is 0 Å². The van der Waals surface area contributed by atoms with Crippen molar-refractivity contribution in [3.8, 4) is 0 Å². The first kappa shape index (κ1) is 9.97. The molecule has 7 nitrogen and oxygen atoms in total. The number of imide groups is 1. The fourth-order valence-corrected chi connectivity index (χ4v) is 1.38. The molecule has 0 radical (unpaired) electrons. The summed E-state index contributed by atoms with van der Waals surface area (Å²) in [5, 5.41) is 24.2. The average Bonchev–Trinajstić information content (AvgIpc) is 2.61. The van der Waals surface area contributed by atoms with Gasteiger partial charge in [-0.25, -0.2) is 9.59 Å². The molecule has 0 unspecified atom stereocenters. The third-order valence-corrected chi connectivity index (χ3v) is 2.04. The quantitative estimate of drug-likeness (QED) is 0.679. The Kier molecular flexibility index (Phi) is 2.20. The molecule has 0 spiro atoms. The summed E-state index contributed by atoms with van der Waals surface area (Å²) in [7, 11) is 0. The van der Waals surface area contributed by atoms with E-state index in [-0.39, 0.29) is 10.7 Å². The molecule has 0 saturated carbocycles. The minimum Gasteiger partial charge on any atom is -0.464 e. The van der Waals surface area contributed by atoms with Crippen LogP contribution >= 0.6 is 0 Å². The van der Waals surface area contributed by atoms with Gasteiger partial charge in [0.05, 0.1) is 5.52 Å². The molecule has 2 amide bonds. The first-order valence-corrected chi connectivity index (χ1v) is 4.30. The van der Waals surface area contributed by atoms with Crippen molar-refractivity contribution >= 4 is 28.9 Å². The van der Waals surface area contributed by atoms with Gasteiger partial charge in [-0.2, -0.15) is 10.00 Å². The summed E-state index contributed by atoms with van der Waals surface area (Å²) in [5.41, 5.74) is 0.574. The minimum absolute atomic E-state index is 0.143. The van der Waals surface area contributed by atoms with Crippen molar-refractivity contribution < 1.29 is 19.8 Å². The van der Waals surface area contributed by atoms with Crippen LogP contribution < -0.4 is 4.90 Å². The average molecular weight is 221 g/mol. The number of nitrogens with zero attached hydrogens (tertiary/aromatic N) is 2. The Morgan fingerprint density at radius 3 is 2.44 bits per heavy atom. The lowest BCUT2D eigenvalue weighted by molar-refractivity contribution is 0.184. The topological polar surface area (TPSA) is 107 Å². The van der Waals surface area contributed by atoms with Crippen molar-refractivity contribution in [2.45, 2.75) is 0 Å². The van der Waals surface area contributed by atoms with E-state index in [0.29, 0.717) is 10.9 Å². The molecule has 3 N–H and O–H groups in total. The molecule has 1 aromatic carbocycles. The zero-order valence-corrected chi connectivity index (χ0v) is 7.91. The van der Waals surface area contributed by atoms with Gasteiger partial charge in [0.1, 0.15) is 0 Å². The largest absolute Gasteiger partial charge is 0.464 e. The lowest BCUT2D eigenvalue weighted by Gasteiger charge is -2.09. The predicted octanol–water partition coefficient (Wildman–Crippen LogP) is 1.73. The zero-order chi connectivity index (χ0) is 11.7. The van der Waals surface area contributed by atoms with E-state index in [1.807, 2.05) is 0 Å². The Balaban J connectivity index is 2.61. The minimum atomic E-state index is -1.59. The van der Waals surface area contributed by atoms with Gasteiger partial charge in [0.15, 0.2) is 5.82 Å². The van der Waals surface area contributed by atoms with E-state index in [1.54, 1.807) is 24.3 Å². The molecule has 16 heavy (non-hydrogen) atoms. The maximum atomic E-state index is 10.8. The third kappa shape index (κ3) is 1.44. The number of rotatable bonds is 1. The number of para-hydroxylation sites is 1. The van der Waals surface area contributed by atoms with Crippen molar-refractivity contribution in [2.75, 3.05) is 4.90 Å². The first-order valence-electron chi connectivity index (χ1n) is 4.30. The van der Waals surface area contributed by atoms with Crippen LogP contribution in [0.5, 0.6) is 0 Å². The second-order valence-corrected chi connectivity index (χ2v) is 2.99. The summed E-state index contributed by atoms with van der Waals surface area (Å²) in [6, 6.07) is 6.67. The summed E-state index contributed by atoms with van der Waals surface area (Å²) >= 11 is 0. The number of aromatic amines is 1. The fourth-order valence-electron chi connectivity index (χ4n) is 1.38. The van der Waals surface area contributed by atoms with Gasteiger partial charge in [-0.15, -0.1) is 0 Å². The van der Waals surface area contributed by atoms with E-state index in [2.05, 4.69) is 10.2 Å². The fraction of sp³-hybridized carbons (Fsp3) is 0. The van der Waals surface area contributed by atoms with Crippen LogP contribution in [0.15, 0.2) is 24.3 Å². The SMILES string of the molecule is O=C(O)N(C(=O)O)c1n[nH]c2ccccc12. The van der Waals surface area contributed by atoms with Crippen molar-refractivity contribution in [2.24, 2.45) is 0 Å². The van der Waals surface area contributed by atoms with Crippen LogP contribution in [0.1, 0.15) is 0 Å². The molecular formula is C9H7N3O4. The summed E-state index contributed by atoms with van der Waals surface area (Å²) in [6.45, 7) is 0. The monoisotopic (exact) mass is 221 g/mol. The van der Waals surface area contributed by atoms with Gasteiger partial charge in [-0.1, -0.05) is 12.1 Å². The van der Waals surface area contributed by atoms with Gasteiger partial charge in [0, 0.05) is 5.39 Å². The molecule has 0 aliphatic carbocycles. The Morgan fingerprint density at radius 2 is 1.81 bits per heavy atom. The smallest absolute Gasteiger partial charge is 0.422 e. The third-order valence-electron chi connectivity index (χ3n) is 2.04. The van der Waals surface area contributed by atoms with Crippen LogP contribution in [0, 0.1) is 0 Å². The molecule has 0 bridgehead atoms. The van der Waals surface area contributed by atoms with Crippen LogP contribution in [-0.4, -0.2) is 32.6 Å². The highest BCUT2D eigenvalue weighted by Gasteiger charge is 2.26. The van der Waals surface area contributed by atoms with E-state index in [4.69, 9.17) is 10.2 Å². The highest BCUT2D eigenvalue weighted by molar-refractivity contribution is 6.12.